The number of hydrogen-bond acceptors (Lipinski definition) is 3. The Bertz CT molecular complexity index is 465. The Morgan fingerprint density at radius 2 is 2.33 bits per heavy atom. The molecule has 1 aromatic rings. The van der Waals surface area contributed by atoms with Crippen LogP contribution in [0.2, 0.25) is 0 Å². The van der Waals surface area contributed by atoms with Crippen LogP contribution in [0.3, 0.4) is 0 Å². The van der Waals surface area contributed by atoms with E-state index in [1.54, 1.807) is 0 Å². The third-order valence-electron chi connectivity index (χ3n) is 2.98. The molecule has 1 aliphatic heterocycles. The summed E-state index contributed by atoms with van der Waals surface area (Å²) < 4.78 is 20.4. The lowest BCUT2D eigenvalue weighted by Crippen LogP contribution is -2.32. The zero-order valence-corrected chi connectivity index (χ0v) is 10.8. The van der Waals surface area contributed by atoms with Gasteiger partial charge in [-0.25, -0.2) is 4.39 Å². The number of ether oxygens (including phenoxy) is 1. The van der Waals surface area contributed by atoms with E-state index in [4.69, 9.17) is 4.74 Å². The average Bonchev–Trinajstić information content (AvgIpc) is 2.34. The zero-order valence-electron chi connectivity index (χ0n) is 10.8. The maximum absolute atomic E-state index is 13.6. The van der Waals surface area contributed by atoms with Gasteiger partial charge in [0.25, 0.3) is 5.56 Å². The summed E-state index contributed by atoms with van der Waals surface area (Å²) in [5, 5.41) is 2.98. The Kier molecular flexibility index (Phi) is 4.01. The number of nitrogens with one attached hydrogen (secondary N) is 1. The first kappa shape index (κ1) is 13.1. The molecule has 1 fully saturated rings. The molecule has 5 heteroatoms. The molecule has 0 bridgehead atoms. The molecule has 1 N–H and O–H groups in total. The number of halogens is 1. The highest BCUT2D eigenvalue weighted by Crippen LogP contribution is 2.19. The van der Waals surface area contributed by atoms with Gasteiger partial charge in [-0.1, -0.05) is 0 Å². The predicted octanol–water partition coefficient (Wildman–Crippen LogP) is 2.16. The van der Waals surface area contributed by atoms with Crippen molar-refractivity contribution in [3.8, 4) is 0 Å². The molecule has 18 heavy (non-hydrogen) atoms. The maximum Gasteiger partial charge on any atom is 0.274 e. The molecule has 1 aromatic heterocycles. The molecule has 0 aliphatic carbocycles. The molecule has 0 aromatic carbocycles. The Balaban J connectivity index is 2.34. The molecule has 0 radical (unpaired) electrons. The molecule has 1 atom stereocenters. The summed E-state index contributed by atoms with van der Waals surface area (Å²) in [6, 6.07) is 1.29. The van der Waals surface area contributed by atoms with Crippen molar-refractivity contribution in [1.82, 2.24) is 4.57 Å². The van der Waals surface area contributed by atoms with Gasteiger partial charge >= 0.3 is 0 Å². The summed E-state index contributed by atoms with van der Waals surface area (Å²) in [5.74, 6) is -0.400. The molecule has 2 rings (SSSR count). The lowest BCUT2D eigenvalue weighted by atomic mass is 10.1. The van der Waals surface area contributed by atoms with Crippen LogP contribution in [0.15, 0.2) is 17.1 Å². The van der Waals surface area contributed by atoms with E-state index in [-0.39, 0.29) is 17.6 Å². The molecule has 0 spiro atoms. The summed E-state index contributed by atoms with van der Waals surface area (Å²) in [4.78, 5) is 12.2. The van der Waals surface area contributed by atoms with Crippen LogP contribution in [0, 0.1) is 5.82 Å². The van der Waals surface area contributed by atoms with Gasteiger partial charge in [-0.15, -0.1) is 0 Å². The van der Waals surface area contributed by atoms with Crippen LogP contribution in [0.25, 0.3) is 0 Å². The molecule has 0 amide bonds. The molecule has 1 saturated heterocycles. The van der Waals surface area contributed by atoms with Crippen molar-refractivity contribution in [3.63, 3.8) is 0 Å². The van der Waals surface area contributed by atoms with Crippen molar-refractivity contribution in [3.05, 3.63) is 28.4 Å². The lowest BCUT2D eigenvalue weighted by molar-refractivity contribution is 0.0577. The van der Waals surface area contributed by atoms with Gasteiger partial charge in [0.1, 0.15) is 11.5 Å². The number of aromatic nitrogens is 1. The van der Waals surface area contributed by atoms with Crippen LogP contribution in [0.5, 0.6) is 0 Å². The van der Waals surface area contributed by atoms with Crippen molar-refractivity contribution in [2.24, 2.45) is 0 Å². The van der Waals surface area contributed by atoms with E-state index in [1.165, 1.54) is 16.8 Å². The summed E-state index contributed by atoms with van der Waals surface area (Å²) in [6.45, 7) is 5.03. The Labute approximate surface area is 106 Å². The van der Waals surface area contributed by atoms with Gasteiger partial charge in [-0.2, -0.15) is 0 Å². The lowest BCUT2D eigenvalue weighted by Gasteiger charge is -2.25. The highest BCUT2D eigenvalue weighted by atomic mass is 19.1. The summed E-state index contributed by atoms with van der Waals surface area (Å²) in [5.41, 5.74) is 0.135. The van der Waals surface area contributed by atoms with E-state index >= 15 is 0 Å². The number of anilines is 1. The van der Waals surface area contributed by atoms with Crippen LogP contribution in [-0.4, -0.2) is 23.8 Å². The fourth-order valence-corrected chi connectivity index (χ4v) is 2.20. The Hall–Kier alpha value is -1.36. The van der Waals surface area contributed by atoms with E-state index in [9.17, 15) is 9.18 Å². The minimum atomic E-state index is -0.400. The summed E-state index contributed by atoms with van der Waals surface area (Å²) in [6.07, 6.45) is 3.03. The topological polar surface area (TPSA) is 43.3 Å². The first-order valence-corrected chi connectivity index (χ1v) is 6.34. The van der Waals surface area contributed by atoms with Gasteiger partial charge in [0.15, 0.2) is 0 Å². The van der Waals surface area contributed by atoms with Gasteiger partial charge in [0.2, 0.25) is 0 Å². The summed E-state index contributed by atoms with van der Waals surface area (Å²) in [7, 11) is 0. The largest absolute Gasteiger partial charge is 0.379 e. The summed E-state index contributed by atoms with van der Waals surface area (Å²) >= 11 is 0. The quantitative estimate of drug-likeness (QED) is 0.899. The molecular formula is C13H19FN2O2. The minimum absolute atomic E-state index is 0.0605. The highest BCUT2D eigenvalue weighted by Gasteiger charge is 2.19. The predicted molar refractivity (Wildman–Crippen MR) is 68.5 cm³/mol. The molecule has 2 heterocycles. The highest BCUT2D eigenvalue weighted by molar-refractivity contribution is 5.41. The smallest absolute Gasteiger partial charge is 0.274 e. The first-order chi connectivity index (χ1) is 8.58. The van der Waals surface area contributed by atoms with Gasteiger partial charge < -0.3 is 14.6 Å². The molecule has 100 valence electrons. The van der Waals surface area contributed by atoms with Gasteiger partial charge in [-0.05, 0) is 26.7 Å². The van der Waals surface area contributed by atoms with Crippen LogP contribution in [0.1, 0.15) is 32.7 Å². The number of pyridine rings is 1. The van der Waals surface area contributed by atoms with E-state index in [0.29, 0.717) is 12.3 Å². The van der Waals surface area contributed by atoms with Crippen molar-refractivity contribution in [2.45, 2.75) is 38.8 Å². The SMILES string of the molecule is CC(C)Nc1cc(F)cn(C2CCCOC2)c1=O. The fraction of sp³-hybridized carbons (Fsp3) is 0.615. The van der Waals surface area contributed by atoms with E-state index in [2.05, 4.69) is 5.32 Å². The normalized spacial score (nSPS) is 20.1. The maximum atomic E-state index is 13.6. The van der Waals surface area contributed by atoms with E-state index in [1.807, 2.05) is 13.8 Å². The second kappa shape index (κ2) is 5.52. The monoisotopic (exact) mass is 254 g/mol. The fourth-order valence-electron chi connectivity index (χ4n) is 2.20. The van der Waals surface area contributed by atoms with Crippen LogP contribution >= 0.6 is 0 Å². The number of nitrogens with zero attached hydrogens (tertiary/aromatic N) is 1. The second-order valence-corrected chi connectivity index (χ2v) is 4.95. The van der Waals surface area contributed by atoms with Crippen LogP contribution in [0.4, 0.5) is 10.1 Å². The van der Waals surface area contributed by atoms with Crippen molar-refractivity contribution in [2.75, 3.05) is 18.5 Å². The molecule has 1 aliphatic rings. The van der Waals surface area contributed by atoms with E-state index in [0.717, 1.165) is 19.4 Å². The van der Waals surface area contributed by atoms with Gasteiger partial charge in [0, 0.05) is 24.9 Å². The molecular weight excluding hydrogens is 235 g/mol. The molecule has 0 saturated carbocycles. The third-order valence-corrected chi connectivity index (χ3v) is 2.98. The van der Waals surface area contributed by atoms with Crippen molar-refractivity contribution >= 4 is 5.69 Å². The molecule has 1 unspecified atom stereocenters. The second-order valence-electron chi connectivity index (χ2n) is 4.95. The van der Waals surface area contributed by atoms with Crippen molar-refractivity contribution < 1.29 is 9.13 Å². The van der Waals surface area contributed by atoms with E-state index < -0.39 is 5.82 Å². The number of rotatable bonds is 3. The average molecular weight is 254 g/mol. The molecule has 4 nitrogen and oxygen atoms in total. The third kappa shape index (κ3) is 2.90. The van der Waals surface area contributed by atoms with Gasteiger partial charge in [0.05, 0.1) is 12.6 Å². The van der Waals surface area contributed by atoms with Gasteiger partial charge in [-0.3, -0.25) is 4.79 Å². The minimum Gasteiger partial charge on any atom is -0.379 e. The Morgan fingerprint density at radius 3 is 2.94 bits per heavy atom. The number of hydrogen-bond donors (Lipinski definition) is 1. The van der Waals surface area contributed by atoms with Crippen molar-refractivity contribution in [1.29, 1.82) is 0 Å². The van der Waals surface area contributed by atoms with Crippen LogP contribution < -0.4 is 10.9 Å². The Morgan fingerprint density at radius 1 is 1.56 bits per heavy atom. The standard InChI is InChI=1S/C13H19FN2O2/c1-9(2)15-12-6-10(14)7-16(13(12)17)11-4-3-5-18-8-11/h6-7,9,11,15H,3-5,8H2,1-2H3. The first-order valence-electron chi connectivity index (χ1n) is 6.34. The van der Waals surface area contributed by atoms with Crippen LogP contribution in [-0.2, 0) is 4.74 Å². The zero-order chi connectivity index (χ0) is 13.1.